The molecule has 1 N–H and O–H groups in total. The predicted molar refractivity (Wildman–Crippen MR) is 91.0 cm³/mol. The summed E-state index contributed by atoms with van der Waals surface area (Å²) < 4.78 is 7.65. The molecule has 23 heavy (non-hydrogen) atoms. The van der Waals surface area contributed by atoms with Crippen LogP contribution in [0.5, 0.6) is 0 Å². The minimum atomic E-state index is -0.422. The molecule has 2 aromatic heterocycles. The van der Waals surface area contributed by atoms with Crippen LogP contribution in [0, 0.1) is 3.57 Å². The Morgan fingerprint density at radius 2 is 2.13 bits per heavy atom. The lowest BCUT2D eigenvalue weighted by Crippen LogP contribution is -2.23. The summed E-state index contributed by atoms with van der Waals surface area (Å²) in [4.78, 5) is 16.1. The first-order valence-corrected chi connectivity index (χ1v) is 8.09. The van der Waals surface area contributed by atoms with Gasteiger partial charge in [0.05, 0.1) is 9.77 Å². The Morgan fingerprint density at radius 1 is 1.35 bits per heavy atom. The largest absolute Gasteiger partial charge is 0.344 e. The highest BCUT2D eigenvalue weighted by Crippen LogP contribution is 2.09. The summed E-state index contributed by atoms with van der Waals surface area (Å²) in [5, 5.41) is 11.3. The van der Waals surface area contributed by atoms with Gasteiger partial charge in [0.15, 0.2) is 5.82 Å². The minimum absolute atomic E-state index is 0.0733. The van der Waals surface area contributed by atoms with Gasteiger partial charge in [0.1, 0.15) is 6.54 Å². The van der Waals surface area contributed by atoms with Gasteiger partial charge < -0.3 is 9.84 Å². The Hall–Kier alpha value is -1.94. The summed E-state index contributed by atoms with van der Waals surface area (Å²) in [6.07, 6.45) is 3.57. The SMILES string of the molecule is O=C(NCc1ccc(Cl)cc1)c1nc(Cn2cc(I)cn2)no1. The van der Waals surface area contributed by atoms with Crippen molar-refractivity contribution in [2.45, 2.75) is 13.1 Å². The third kappa shape index (κ3) is 4.29. The molecule has 1 amide bonds. The molecular formula is C14H11ClIN5O2. The first kappa shape index (κ1) is 15.9. The van der Waals surface area contributed by atoms with E-state index in [4.69, 9.17) is 16.1 Å². The van der Waals surface area contributed by atoms with Crippen molar-refractivity contribution in [1.82, 2.24) is 25.2 Å². The van der Waals surface area contributed by atoms with E-state index < -0.39 is 5.91 Å². The number of hydrogen-bond donors (Lipinski definition) is 1. The first-order chi connectivity index (χ1) is 11.1. The minimum Gasteiger partial charge on any atom is -0.344 e. The monoisotopic (exact) mass is 443 g/mol. The van der Waals surface area contributed by atoms with Gasteiger partial charge in [-0.1, -0.05) is 28.9 Å². The van der Waals surface area contributed by atoms with Crippen LogP contribution in [0.25, 0.3) is 0 Å². The van der Waals surface area contributed by atoms with Crippen molar-refractivity contribution in [3.05, 3.63) is 62.5 Å². The Morgan fingerprint density at radius 3 is 2.83 bits per heavy atom. The molecule has 0 saturated heterocycles. The maximum Gasteiger partial charge on any atom is 0.316 e. The van der Waals surface area contributed by atoms with Gasteiger partial charge in [-0.3, -0.25) is 9.48 Å². The molecule has 3 aromatic rings. The molecule has 0 atom stereocenters. The Labute approximate surface area is 150 Å². The zero-order chi connectivity index (χ0) is 16.2. The maximum absolute atomic E-state index is 12.0. The molecule has 2 heterocycles. The molecule has 118 valence electrons. The van der Waals surface area contributed by atoms with Crippen molar-refractivity contribution in [3.63, 3.8) is 0 Å². The highest BCUT2D eigenvalue weighted by atomic mass is 127. The van der Waals surface area contributed by atoms with Crippen LogP contribution in [0.2, 0.25) is 5.02 Å². The van der Waals surface area contributed by atoms with Crippen molar-refractivity contribution < 1.29 is 9.32 Å². The number of carbonyl (C=O) groups is 1. The molecule has 0 aliphatic carbocycles. The molecule has 0 fully saturated rings. The van der Waals surface area contributed by atoms with E-state index in [1.54, 1.807) is 23.0 Å². The van der Waals surface area contributed by atoms with E-state index in [0.717, 1.165) is 9.13 Å². The van der Waals surface area contributed by atoms with E-state index in [1.165, 1.54) is 0 Å². The smallest absolute Gasteiger partial charge is 0.316 e. The summed E-state index contributed by atoms with van der Waals surface area (Å²) in [6, 6.07) is 7.20. The van der Waals surface area contributed by atoms with E-state index in [9.17, 15) is 4.79 Å². The number of benzene rings is 1. The zero-order valence-electron chi connectivity index (χ0n) is 11.7. The highest BCUT2D eigenvalue weighted by molar-refractivity contribution is 14.1. The Bertz CT molecular complexity index is 815. The van der Waals surface area contributed by atoms with Crippen LogP contribution in [0.3, 0.4) is 0 Å². The van der Waals surface area contributed by atoms with Crippen molar-refractivity contribution >= 4 is 40.1 Å². The number of halogens is 2. The van der Waals surface area contributed by atoms with Crippen molar-refractivity contribution in [3.8, 4) is 0 Å². The molecule has 0 bridgehead atoms. The number of rotatable bonds is 5. The van der Waals surface area contributed by atoms with Crippen LogP contribution in [0.15, 0.2) is 41.2 Å². The highest BCUT2D eigenvalue weighted by Gasteiger charge is 2.15. The third-order valence-corrected chi connectivity index (χ3v) is 3.74. The molecular weight excluding hydrogens is 433 g/mol. The zero-order valence-corrected chi connectivity index (χ0v) is 14.7. The summed E-state index contributed by atoms with van der Waals surface area (Å²) in [5.74, 6) is -0.106. The standard InChI is InChI=1S/C14H11ClIN5O2/c15-10-3-1-9(2-4-10)5-17-13(22)14-19-12(20-23-14)8-21-7-11(16)6-18-21/h1-4,6-7H,5,8H2,(H,17,22). The third-order valence-electron chi connectivity index (χ3n) is 2.93. The number of nitrogens with zero attached hydrogens (tertiary/aromatic N) is 4. The number of carbonyl (C=O) groups excluding carboxylic acids is 1. The quantitative estimate of drug-likeness (QED) is 0.613. The van der Waals surface area contributed by atoms with E-state index in [1.807, 2.05) is 18.3 Å². The number of aromatic nitrogens is 4. The van der Waals surface area contributed by atoms with Crippen LogP contribution in [-0.4, -0.2) is 25.8 Å². The van der Waals surface area contributed by atoms with Crippen LogP contribution < -0.4 is 5.32 Å². The topological polar surface area (TPSA) is 85.8 Å². The van der Waals surface area contributed by atoms with Gasteiger partial charge in [0, 0.05) is 17.8 Å². The second-order valence-corrected chi connectivity index (χ2v) is 6.36. The molecule has 1 aromatic carbocycles. The molecule has 9 heteroatoms. The van der Waals surface area contributed by atoms with Crippen molar-refractivity contribution in [1.29, 1.82) is 0 Å². The fraction of sp³-hybridized carbons (Fsp3) is 0.143. The lowest BCUT2D eigenvalue weighted by Gasteiger charge is -2.02. The van der Waals surface area contributed by atoms with Gasteiger partial charge in [-0.05, 0) is 40.3 Å². The molecule has 0 unspecified atom stereocenters. The van der Waals surface area contributed by atoms with E-state index in [0.29, 0.717) is 23.9 Å². The molecule has 0 aliphatic heterocycles. The Kier molecular flexibility index (Phi) is 4.91. The molecule has 3 rings (SSSR count). The normalized spacial score (nSPS) is 10.7. The second-order valence-electron chi connectivity index (χ2n) is 4.68. The molecule has 0 aliphatic rings. The molecule has 0 radical (unpaired) electrons. The fourth-order valence-corrected chi connectivity index (χ4v) is 2.41. The number of amides is 1. The summed E-state index contributed by atoms with van der Waals surface area (Å²) >= 11 is 7.97. The average Bonchev–Trinajstić information content (AvgIpc) is 3.16. The lowest BCUT2D eigenvalue weighted by molar-refractivity contribution is 0.0907. The first-order valence-electron chi connectivity index (χ1n) is 6.63. The molecule has 0 spiro atoms. The van der Waals surface area contributed by atoms with Gasteiger partial charge in [-0.15, -0.1) is 0 Å². The Balaban J connectivity index is 1.58. The van der Waals surface area contributed by atoms with Gasteiger partial charge in [-0.2, -0.15) is 10.1 Å². The van der Waals surface area contributed by atoms with Crippen molar-refractivity contribution in [2.24, 2.45) is 0 Å². The fourth-order valence-electron chi connectivity index (χ4n) is 1.84. The number of nitrogens with one attached hydrogen (secondary N) is 1. The second kappa shape index (κ2) is 7.09. The van der Waals surface area contributed by atoms with Gasteiger partial charge in [0.25, 0.3) is 0 Å². The van der Waals surface area contributed by atoms with Crippen molar-refractivity contribution in [2.75, 3.05) is 0 Å². The summed E-state index contributed by atoms with van der Waals surface area (Å²) in [5.41, 5.74) is 0.925. The maximum atomic E-state index is 12.0. The van der Waals surface area contributed by atoms with Crippen LogP contribution >= 0.6 is 34.2 Å². The van der Waals surface area contributed by atoms with Crippen LogP contribution in [0.4, 0.5) is 0 Å². The van der Waals surface area contributed by atoms with Gasteiger partial charge >= 0.3 is 11.8 Å². The predicted octanol–water partition coefficient (Wildman–Crippen LogP) is 2.50. The lowest BCUT2D eigenvalue weighted by atomic mass is 10.2. The molecule has 7 nitrogen and oxygen atoms in total. The van der Waals surface area contributed by atoms with E-state index in [-0.39, 0.29) is 5.89 Å². The molecule has 0 saturated carbocycles. The van der Waals surface area contributed by atoms with Gasteiger partial charge in [-0.25, -0.2) is 0 Å². The van der Waals surface area contributed by atoms with Crippen LogP contribution in [0.1, 0.15) is 22.1 Å². The van der Waals surface area contributed by atoms with Crippen LogP contribution in [-0.2, 0) is 13.1 Å². The summed E-state index contributed by atoms with van der Waals surface area (Å²) in [6.45, 7) is 0.696. The van der Waals surface area contributed by atoms with E-state index in [2.05, 4.69) is 43.1 Å². The average molecular weight is 444 g/mol. The number of hydrogen-bond acceptors (Lipinski definition) is 5. The van der Waals surface area contributed by atoms with E-state index >= 15 is 0 Å². The summed E-state index contributed by atoms with van der Waals surface area (Å²) in [7, 11) is 0. The van der Waals surface area contributed by atoms with Gasteiger partial charge in [0.2, 0.25) is 0 Å².